The van der Waals surface area contributed by atoms with E-state index in [9.17, 15) is 0 Å². The molecule has 0 saturated heterocycles. The van der Waals surface area contributed by atoms with E-state index in [-0.39, 0.29) is 0 Å². The Morgan fingerprint density at radius 1 is 0.667 bits per heavy atom. The van der Waals surface area contributed by atoms with E-state index in [4.69, 9.17) is 0 Å². The quantitative estimate of drug-likeness (QED) is 0.417. The van der Waals surface area contributed by atoms with E-state index in [1.807, 2.05) is 0 Å². The largest absolute Gasteiger partial charge is 0.312 e. The van der Waals surface area contributed by atoms with Crippen molar-refractivity contribution in [2.24, 2.45) is 0 Å². The van der Waals surface area contributed by atoms with Crippen LogP contribution in [0.25, 0.3) is 0 Å². The number of hydrogen-bond acceptors (Lipinski definition) is 1. The molecule has 0 rings (SSSR count). The second-order valence-electron chi connectivity index (χ2n) is 6.11. The number of hydrogen-bond donors (Lipinski definition) is 1. The lowest BCUT2D eigenvalue weighted by molar-refractivity contribution is 0.288. The number of unbranched alkanes of at least 4 members (excludes halogenated alkanes) is 6. The molecule has 0 atom stereocenters. The van der Waals surface area contributed by atoms with Gasteiger partial charge in [0.25, 0.3) is 0 Å². The first-order chi connectivity index (χ1) is 8.68. The summed E-state index contributed by atoms with van der Waals surface area (Å²) in [7, 11) is 0. The molecule has 1 N–H and O–H groups in total. The zero-order chi connectivity index (χ0) is 13.7. The minimum Gasteiger partial charge on any atom is -0.312 e. The zero-order valence-corrected chi connectivity index (χ0v) is 13.5. The molecular weight excluding hydrogens is 218 g/mol. The standard InChI is InChI=1S/C17H37N/c1-5-8-10-12-14-17(4,18-16-7-3)15-13-11-9-6-2/h18H,5-16H2,1-4H3. The van der Waals surface area contributed by atoms with Gasteiger partial charge in [0.15, 0.2) is 0 Å². The Hall–Kier alpha value is -0.0400. The van der Waals surface area contributed by atoms with Crippen LogP contribution in [0.4, 0.5) is 0 Å². The normalized spacial score (nSPS) is 12.0. The second kappa shape index (κ2) is 12.0. The molecular formula is C17H37N. The van der Waals surface area contributed by atoms with Gasteiger partial charge in [-0.15, -0.1) is 0 Å². The van der Waals surface area contributed by atoms with Gasteiger partial charge in [-0.05, 0) is 32.7 Å². The Balaban J connectivity index is 3.90. The van der Waals surface area contributed by atoms with Gasteiger partial charge in [0, 0.05) is 5.54 Å². The maximum Gasteiger partial charge on any atom is 0.0153 e. The van der Waals surface area contributed by atoms with E-state index < -0.39 is 0 Å². The smallest absolute Gasteiger partial charge is 0.0153 e. The zero-order valence-electron chi connectivity index (χ0n) is 13.5. The van der Waals surface area contributed by atoms with E-state index in [1.165, 1.54) is 77.2 Å². The third kappa shape index (κ3) is 9.94. The Kier molecular flexibility index (Phi) is 12.0. The summed E-state index contributed by atoms with van der Waals surface area (Å²) in [5, 5.41) is 3.80. The lowest BCUT2D eigenvalue weighted by atomic mass is 9.88. The maximum absolute atomic E-state index is 3.80. The number of nitrogens with one attached hydrogen (secondary N) is 1. The van der Waals surface area contributed by atoms with Gasteiger partial charge < -0.3 is 5.32 Å². The Morgan fingerprint density at radius 2 is 1.17 bits per heavy atom. The lowest BCUT2D eigenvalue weighted by Gasteiger charge is -2.31. The highest BCUT2D eigenvalue weighted by molar-refractivity contribution is 4.82. The third-order valence-electron chi connectivity index (χ3n) is 3.97. The molecule has 0 aromatic rings. The van der Waals surface area contributed by atoms with Crippen LogP contribution in [0.3, 0.4) is 0 Å². The van der Waals surface area contributed by atoms with Crippen LogP contribution in [0.15, 0.2) is 0 Å². The van der Waals surface area contributed by atoms with Crippen molar-refractivity contribution in [1.29, 1.82) is 0 Å². The molecule has 1 nitrogen and oxygen atoms in total. The minimum absolute atomic E-state index is 0.400. The van der Waals surface area contributed by atoms with Crippen molar-refractivity contribution in [3.8, 4) is 0 Å². The summed E-state index contributed by atoms with van der Waals surface area (Å²) >= 11 is 0. The van der Waals surface area contributed by atoms with Crippen molar-refractivity contribution in [3.05, 3.63) is 0 Å². The molecule has 0 aromatic heterocycles. The maximum atomic E-state index is 3.80. The summed E-state index contributed by atoms with van der Waals surface area (Å²) in [5.41, 5.74) is 0.400. The fraction of sp³-hybridized carbons (Fsp3) is 1.00. The first-order valence-electron chi connectivity index (χ1n) is 8.43. The predicted molar refractivity (Wildman–Crippen MR) is 84.2 cm³/mol. The minimum atomic E-state index is 0.400. The molecule has 1 heteroatoms. The monoisotopic (exact) mass is 255 g/mol. The van der Waals surface area contributed by atoms with Crippen LogP contribution in [0.5, 0.6) is 0 Å². The van der Waals surface area contributed by atoms with Crippen molar-refractivity contribution in [3.63, 3.8) is 0 Å². The van der Waals surface area contributed by atoms with E-state index in [2.05, 4.69) is 33.0 Å². The van der Waals surface area contributed by atoms with Gasteiger partial charge in [-0.25, -0.2) is 0 Å². The van der Waals surface area contributed by atoms with Crippen LogP contribution in [0.2, 0.25) is 0 Å². The summed E-state index contributed by atoms with van der Waals surface area (Å²) < 4.78 is 0. The van der Waals surface area contributed by atoms with E-state index in [1.54, 1.807) is 0 Å². The Labute approximate surface area is 116 Å². The molecule has 0 aromatic carbocycles. The van der Waals surface area contributed by atoms with Crippen LogP contribution < -0.4 is 5.32 Å². The van der Waals surface area contributed by atoms with Crippen molar-refractivity contribution >= 4 is 0 Å². The topological polar surface area (TPSA) is 12.0 Å². The lowest BCUT2D eigenvalue weighted by Crippen LogP contribution is -2.42. The van der Waals surface area contributed by atoms with E-state index in [0.717, 1.165) is 0 Å². The molecule has 0 aliphatic rings. The fourth-order valence-corrected chi connectivity index (χ4v) is 2.61. The molecule has 0 bridgehead atoms. The van der Waals surface area contributed by atoms with Gasteiger partial charge in [-0.1, -0.05) is 72.1 Å². The van der Waals surface area contributed by atoms with Crippen LogP contribution in [0.1, 0.15) is 98.3 Å². The summed E-state index contributed by atoms with van der Waals surface area (Å²) in [6, 6.07) is 0. The molecule has 0 heterocycles. The average molecular weight is 255 g/mol. The molecule has 110 valence electrons. The predicted octanol–water partition coefficient (Wildman–Crippen LogP) is 5.69. The van der Waals surface area contributed by atoms with Gasteiger partial charge in [0.2, 0.25) is 0 Å². The van der Waals surface area contributed by atoms with Crippen LogP contribution >= 0.6 is 0 Å². The summed E-state index contributed by atoms with van der Waals surface area (Å²) in [6.45, 7) is 10.5. The van der Waals surface area contributed by atoms with Gasteiger partial charge >= 0.3 is 0 Å². The highest BCUT2D eigenvalue weighted by Crippen LogP contribution is 2.22. The molecule has 0 spiro atoms. The summed E-state index contributed by atoms with van der Waals surface area (Å²) in [4.78, 5) is 0. The molecule has 0 radical (unpaired) electrons. The average Bonchev–Trinajstić information content (AvgIpc) is 2.38. The highest BCUT2D eigenvalue weighted by Gasteiger charge is 2.21. The van der Waals surface area contributed by atoms with Crippen molar-refractivity contribution in [1.82, 2.24) is 5.32 Å². The Bertz CT molecular complexity index is 153. The first-order valence-corrected chi connectivity index (χ1v) is 8.43. The number of rotatable bonds is 13. The highest BCUT2D eigenvalue weighted by atomic mass is 15.0. The molecule has 18 heavy (non-hydrogen) atoms. The molecule has 0 aliphatic heterocycles. The van der Waals surface area contributed by atoms with Gasteiger partial charge in [-0.2, -0.15) is 0 Å². The molecule has 0 amide bonds. The molecule has 0 saturated carbocycles. The second-order valence-corrected chi connectivity index (χ2v) is 6.11. The Morgan fingerprint density at radius 3 is 1.56 bits per heavy atom. The first kappa shape index (κ1) is 18.0. The summed E-state index contributed by atoms with van der Waals surface area (Å²) in [5.74, 6) is 0. The van der Waals surface area contributed by atoms with Crippen LogP contribution in [0, 0.1) is 0 Å². The van der Waals surface area contributed by atoms with E-state index >= 15 is 0 Å². The molecule has 0 fully saturated rings. The van der Waals surface area contributed by atoms with Crippen LogP contribution in [-0.4, -0.2) is 12.1 Å². The van der Waals surface area contributed by atoms with Crippen molar-refractivity contribution in [2.45, 2.75) is 104 Å². The van der Waals surface area contributed by atoms with Crippen LogP contribution in [-0.2, 0) is 0 Å². The third-order valence-corrected chi connectivity index (χ3v) is 3.97. The van der Waals surface area contributed by atoms with E-state index in [0.29, 0.717) is 5.54 Å². The van der Waals surface area contributed by atoms with Crippen molar-refractivity contribution in [2.75, 3.05) is 6.54 Å². The fourth-order valence-electron chi connectivity index (χ4n) is 2.61. The van der Waals surface area contributed by atoms with Gasteiger partial charge in [-0.3, -0.25) is 0 Å². The SMILES string of the molecule is CCCCCCC(C)(CCCCCC)NCCC. The van der Waals surface area contributed by atoms with Gasteiger partial charge in [0.05, 0.1) is 0 Å². The molecule has 0 aliphatic carbocycles. The summed E-state index contributed by atoms with van der Waals surface area (Å²) in [6.07, 6.45) is 15.1. The van der Waals surface area contributed by atoms with Crippen molar-refractivity contribution < 1.29 is 0 Å². The van der Waals surface area contributed by atoms with Gasteiger partial charge in [0.1, 0.15) is 0 Å². The molecule has 0 unspecified atom stereocenters.